The summed E-state index contributed by atoms with van der Waals surface area (Å²) in [5.74, 6) is 0.0911. The molecule has 2 fully saturated rings. The van der Waals surface area contributed by atoms with Crippen molar-refractivity contribution in [1.82, 2.24) is 15.1 Å². The topological polar surface area (TPSA) is 71.1 Å². The molecule has 2 heterocycles. The van der Waals surface area contributed by atoms with Gasteiger partial charge in [0, 0.05) is 69.7 Å². The summed E-state index contributed by atoms with van der Waals surface area (Å²) in [6.07, 6.45) is 1.98. The third kappa shape index (κ3) is 6.11. The summed E-state index contributed by atoms with van der Waals surface area (Å²) < 4.78 is 10.5. The third-order valence-corrected chi connectivity index (χ3v) is 6.62. The Morgan fingerprint density at radius 2 is 1.87 bits per heavy atom. The summed E-state index contributed by atoms with van der Waals surface area (Å²) in [5.41, 5.74) is 0.130. The second-order valence-corrected chi connectivity index (χ2v) is 8.93. The van der Waals surface area contributed by atoms with Gasteiger partial charge in [-0.2, -0.15) is 0 Å². The van der Waals surface area contributed by atoms with Crippen molar-refractivity contribution >= 4 is 35.0 Å². The van der Waals surface area contributed by atoms with Crippen molar-refractivity contribution in [2.75, 3.05) is 66.2 Å². The number of hydrogen-bond donors (Lipinski definition) is 1. The Morgan fingerprint density at radius 3 is 2.52 bits per heavy atom. The highest BCUT2D eigenvalue weighted by Crippen LogP contribution is 2.41. The molecule has 2 saturated heterocycles. The SMILES string of the molecule is COCCCNC(=O)CN1CCN(C(=O)C2(c3ccc(Cl)cc3Cl)CCOCC2)CC1. The summed E-state index contributed by atoms with van der Waals surface area (Å²) in [7, 11) is 1.65. The Bertz CT molecular complexity index is 763. The lowest BCUT2D eigenvalue weighted by Gasteiger charge is -2.43. The molecule has 1 aromatic rings. The first-order valence-corrected chi connectivity index (χ1v) is 11.5. The van der Waals surface area contributed by atoms with E-state index in [4.69, 9.17) is 32.7 Å². The number of piperazine rings is 1. The molecular weight excluding hydrogens is 441 g/mol. The highest BCUT2D eigenvalue weighted by Gasteiger charge is 2.45. The quantitative estimate of drug-likeness (QED) is 0.589. The van der Waals surface area contributed by atoms with Gasteiger partial charge in [0.1, 0.15) is 0 Å². The molecule has 9 heteroatoms. The van der Waals surface area contributed by atoms with E-state index in [1.54, 1.807) is 19.2 Å². The minimum Gasteiger partial charge on any atom is -0.385 e. The van der Waals surface area contributed by atoms with Gasteiger partial charge in [-0.15, -0.1) is 0 Å². The van der Waals surface area contributed by atoms with Crippen LogP contribution >= 0.6 is 23.2 Å². The van der Waals surface area contributed by atoms with Gasteiger partial charge >= 0.3 is 0 Å². The number of rotatable bonds is 8. The van der Waals surface area contributed by atoms with E-state index in [9.17, 15) is 9.59 Å². The van der Waals surface area contributed by atoms with Crippen molar-refractivity contribution in [2.45, 2.75) is 24.7 Å². The molecule has 0 bridgehead atoms. The average Bonchev–Trinajstić information content (AvgIpc) is 2.77. The van der Waals surface area contributed by atoms with Crippen LogP contribution in [-0.2, 0) is 24.5 Å². The van der Waals surface area contributed by atoms with Gasteiger partial charge in [0.15, 0.2) is 0 Å². The van der Waals surface area contributed by atoms with E-state index in [0.717, 1.165) is 12.0 Å². The van der Waals surface area contributed by atoms with Crippen molar-refractivity contribution < 1.29 is 19.1 Å². The smallest absolute Gasteiger partial charge is 0.234 e. The summed E-state index contributed by atoms with van der Waals surface area (Å²) in [6.45, 7) is 5.13. The van der Waals surface area contributed by atoms with E-state index in [-0.39, 0.29) is 11.8 Å². The predicted octanol–water partition coefficient (Wildman–Crippen LogP) is 2.34. The van der Waals surface area contributed by atoms with Crippen LogP contribution in [0.25, 0.3) is 0 Å². The maximum absolute atomic E-state index is 13.7. The minimum atomic E-state index is -0.694. The Hall–Kier alpha value is -1.38. The Balaban J connectivity index is 1.60. The number of nitrogens with zero attached hydrogens (tertiary/aromatic N) is 2. The number of carbonyl (C=O) groups excluding carboxylic acids is 2. The fourth-order valence-corrected chi connectivity index (χ4v) is 4.90. The van der Waals surface area contributed by atoms with Gasteiger partial charge in [0.2, 0.25) is 11.8 Å². The van der Waals surface area contributed by atoms with E-state index < -0.39 is 5.41 Å². The lowest BCUT2D eigenvalue weighted by atomic mass is 9.72. The van der Waals surface area contributed by atoms with Crippen LogP contribution in [0.5, 0.6) is 0 Å². The fraction of sp³-hybridized carbons (Fsp3) is 0.636. The maximum atomic E-state index is 13.7. The number of halogens is 2. The minimum absolute atomic E-state index is 0.00438. The van der Waals surface area contributed by atoms with Crippen molar-refractivity contribution in [3.05, 3.63) is 33.8 Å². The number of nitrogens with one attached hydrogen (secondary N) is 1. The van der Waals surface area contributed by atoms with Gasteiger partial charge in [-0.3, -0.25) is 14.5 Å². The van der Waals surface area contributed by atoms with Crippen LogP contribution in [0.15, 0.2) is 18.2 Å². The number of benzene rings is 1. The van der Waals surface area contributed by atoms with Crippen molar-refractivity contribution in [3.63, 3.8) is 0 Å². The summed E-state index contributed by atoms with van der Waals surface area (Å²) in [4.78, 5) is 29.8. The molecule has 3 rings (SSSR count). The first-order valence-electron chi connectivity index (χ1n) is 10.8. The molecular formula is C22H31Cl2N3O4. The van der Waals surface area contributed by atoms with Gasteiger partial charge < -0.3 is 19.7 Å². The first kappa shape index (κ1) is 24.3. The fourth-order valence-electron chi connectivity index (χ4n) is 4.31. The zero-order valence-corrected chi connectivity index (χ0v) is 19.5. The number of hydrogen-bond acceptors (Lipinski definition) is 5. The summed E-state index contributed by atoms with van der Waals surface area (Å²) in [5, 5.41) is 3.98. The van der Waals surface area contributed by atoms with Crippen molar-refractivity contribution in [2.24, 2.45) is 0 Å². The number of amides is 2. The van der Waals surface area contributed by atoms with Crippen LogP contribution < -0.4 is 5.32 Å². The molecule has 0 saturated carbocycles. The van der Waals surface area contributed by atoms with E-state index >= 15 is 0 Å². The van der Waals surface area contributed by atoms with Crippen LogP contribution in [0.2, 0.25) is 10.0 Å². The maximum Gasteiger partial charge on any atom is 0.234 e. The molecule has 0 aromatic heterocycles. The highest BCUT2D eigenvalue weighted by molar-refractivity contribution is 6.35. The standard InChI is InChI=1S/C22H31Cl2N3O4/c1-30-12-2-7-25-20(28)16-26-8-10-27(11-9-26)21(29)22(5-13-31-14-6-22)18-4-3-17(23)15-19(18)24/h3-4,15H,2,5-14,16H2,1H3,(H,25,28). The lowest BCUT2D eigenvalue weighted by Crippen LogP contribution is -2.57. The van der Waals surface area contributed by atoms with Crippen LogP contribution in [0, 0.1) is 0 Å². The Morgan fingerprint density at radius 1 is 1.16 bits per heavy atom. The second kappa shape index (κ2) is 11.5. The monoisotopic (exact) mass is 471 g/mol. The summed E-state index contributed by atoms with van der Waals surface area (Å²) in [6, 6.07) is 5.36. The number of carbonyl (C=O) groups is 2. The Labute approximate surface area is 193 Å². The van der Waals surface area contributed by atoms with E-state index in [0.29, 0.717) is 82.0 Å². The van der Waals surface area contributed by atoms with Gasteiger partial charge in [-0.1, -0.05) is 29.3 Å². The van der Waals surface area contributed by atoms with Gasteiger partial charge in [0.25, 0.3) is 0 Å². The molecule has 2 aliphatic rings. The molecule has 7 nitrogen and oxygen atoms in total. The molecule has 0 spiro atoms. The number of ether oxygens (including phenoxy) is 2. The average molecular weight is 472 g/mol. The normalized spacial score (nSPS) is 19.3. The molecule has 0 atom stereocenters. The van der Waals surface area contributed by atoms with Gasteiger partial charge in [-0.05, 0) is 37.0 Å². The molecule has 172 valence electrons. The van der Waals surface area contributed by atoms with Gasteiger partial charge in [-0.25, -0.2) is 0 Å². The molecule has 1 N–H and O–H groups in total. The van der Waals surface area contributed by atoms with E-state index in [1.807, 2.05) is 11.0 Å². The van der Waals surface area contributed by atoms with Crippen LogP contribution in [-0.4, -0.2) is 87.8 Å². The Kier molecular flexibility index (Phi) is 8.98. The van der Waals surface area contributed by atoms with Crippen LogP contribution in [0.4, 0.5) is 0 Å². The van der Waals surface area contributed by atoms with Crippen LogP contribution in [0.1, 0.15) is 24.8 Å². The van der Waals surface area contributed by atoms with E-state index in [1.165, 1.54) is 0 Å². The van der Waals surface area contributed by atoms with Crippen molar-refractivity contribution in [1.29, 1.82) is 0 Å². The zero-order chi connectivity index (χ0) is 22.3. The zero-order valence-electron chi connectivity index (χ0n) is 18.0. The molecule has 0 unspecified atom stereocenters. The van der Waals surface area contributed by atoms with Gasteiger partial charge in [0.05, 0.1) is 12.0 Å². The molecule has 0 radical (unpaired) electrons. The molecule has 1 aromatic carbocycles. The molecule has 2 aliphatic heterocycles. The lowest BCUT2D eigenvalue weighted by molar-refractivity contribution is -0.143. The van der Waals surface area contributed by atoms with Crippen LogP contribution in [0.3, 0.4) is 0 Å². The molecule has 2 amide bonds. The number of methoxy groups -OCH3 is 1. The van der Waals surface area contributed by atoms with E-state index in [2.05, 4.69) is 10.2 Å². The third-order valence-electron chi connectivity index (χ3n) is 6.08. The molecule has 31 heavy (non-hydrogen) atoms. The predicted molar refractivity (Wildman–Crippen MR) is 121 cm³/mol. The largest absolute Gasteiger partial charge is 0.385 e. The van der Waals surface area contributed by atoms with Crippen molar-refractivity contribution in [3.8, 4) is 0 Å². The second-order valence-electron chi connectivity index (χ2n) is 8.08. The highest BCUT2D eigenvalue weighted by atomic mass is 35.5. The first-order chi connectivity index (χ1) is 15.0. The summed E-state index contributed by atoms with van der Waals surface area (Å²) >= 11 is 12.6. The molecule has 0 aliphatic carbocycles.